The molecule has 2 aromatic heterocycles. The predicted octanol–water partition coefficient (Wildman–Crippen LogP) is 6.17. The van der Waals surface area contributed by atoms with Crippen LogP contribution in [0.1, 0.15) is 37.9 Å². The molecule has 3 rings (SSSR count). The van der Waals surface area contributed by atoms with Crippen LogP contribution in [0.5, 0.6) is 0 Å². The summed E-state index contributed by atoms with van der Waals surface area (Å²) in [4.78, 5) is 21.2. The number of hydrogen-bond acceptors (Lipinski definition) is 4. The highest BCUT2D eigenvalue weighted by Crippen LogP contribution is 2.32. The maximum absolute atomic E-state index is 14.6. The summed E-state index contributed by atoms with van der Waals surface area (Å²) < 4.78 is 28.1. The zero-order valence-corrected chi connectivity index (χ0v) is 20.3. The molecule has 0 saturated carbocycles. The molecule has 178 valence electrons. The van der Waals surface area contributed by atoms with Crippen LogP contribution in [0.15, 0.2) is 30.5 Å². The number of amides is 2. The van der Waals surface area contributed by atoms with Crippen molar-refractivity contribution in [1.29, 1.82) is 0 Å². The second kappa shape index (κ2) is 10.7. The largest absolute Gasteiger partial charge is 0.373 e. The molecular formula is C24H30ClF2N5O. The van der Waals surface area contributed by atoms with E-state index in [1.165, 1.54) is 19.9 Å². The predicted molar refractivity (Wildman–Crippen MR) is 133 cm³/mol. The van der Waals surface area contributed by atoms with Gasteiger partial charge >= 0.3 is 6.03 Å². The minimum Gasteiger partial charge on any atom is -0.373 e. The highest BCUT2D eigenvalue weighted by molar-refractivity contribution is 5.92. The molecule has 2 amide bonds. The topological polar surface area (TPSA) is 78.9 Å². The average molecular weight is 478 g/mol. The number of carbonyl (C=O) groups is 1. The van der Waals surface area contributed by atoms with Crippen LogP contribution >= 0.6 is 12.4 Å². The number of pyridine rings is 2. The lowest BCUT2D eigenvalue weighted by Crippen LogP contribution is -2.30. The number of alkyl halides is 1. The molecule has 0 bridgehead atoms. The van der Waals surface area contributed by atoms with Crippen molar-refractivity contribution >= 4 is 40.8 Å². The summed E-state index contributed by atoms with van der Waals surface area (Å²) in [6, 6.07) is 6.30. The lowest BCUT2D eigenvalue weighted by Gasteiger charge is -2.15. The minimum absolute atomic E-state index is 0. The molecule has 2 heterocycles. The number of benzene rings is 1. The summed E-state index contributed by atoms with van der Waals surface area (Å²) in [5, 5.41) is 9.05. The van der Waals surface area contributed by atoms with E-state index in [0.29, 0.717) is 19.4 Å². The molecule has 0 spiro atoms. The van der Waals surface area contributed by atoms with Crippen LogP contribution in [-0.2, 0) is 0 Å². The molecule has 0 fully saturated rings. The molecule has 0 saturated heterocycles. The SMILES string of the molecule is CNc1cc2nc(C)c(-c3cc(NC(=O)NCCCC(C)(C)F)c(F)cc3C)cc2cn1.Cl. The first-order valence-corrected chi connectivity index (χ1v) is 10.6. The number of rotatable bonds is 7. The van der Waals surface area contributed by atoms with Gasteiger partial charge in [0.25, 0.3) is 0 Å². The van der Waals surface area contributed by atoms with Gasteiger partial charge in [-0.3, -0.25) is 4.98 Å². The van der Waals surface area contributed by atoms with Gasteiger partial charge in [0.15, 0.2) is 0 Å². The Morgan fingerprint density at radius 1 is 1.12 bits per heavy atom. The summed E-state index contributed by atoms with van der Waals surface area (Å²) in [6.45, 7) is 7.00. The zero-order valence-electron chi connectivity index (χ0n) is 19.5. The molecule has 3 N–H and O–H groups in total. The highest BCUT2D eigenvalue weighted by Gasteiger charge is 2.16. The Kier molecular flexibility index (Phi) is 8.55. The number of urea groups is 1. The number of nitrogens with one attached hydrogen (secondary N) is 3. The molecular weight excluding hydrogens is 448 g/mol. The fourth-order valence-corrected chi connectivity index (χ4v) is 3.51. The first kappa shape index (κ1) is 26.3. The zero-order chi connectivity index (χ0) is 23.5. The van der Waals surface area contributed by atoms with E-state index in [-0.39, 0.29) is 18.1 Å². The Balaban J connectivity index is 0.00000385. The van der Waals surface area contributed by atoms with Crippen LogP contribution in [0.4, 0.5) is 25.1 Å². The van der Waals surface area contributed by atoms with Gasteiger partial charge in [-0.25, -0.2) is 18.6 Å². The van der Waals surface area contributed by atoms with E-state index in [0.717, 1.165) is 39.1 Å². The quantitative estimate of drug-likeness (QED) is 0.356. The van der Waals surface area contributed by atoms with Crippen molar-refractivity contribution in [3.63, 3.8) is 0 Å². The summed E-state index contributed by atoms with van der Waals surface area (Å²) in [5.74, 6) is 0.195. The van der Waals surface area contributed by atoms with Crippen molar-refractivity contribution in [2.45, 2.75) is 46.2 Å². The van der Waals surface area contributed by atoms with Crippen molar-refractivity contribution < 1.29 is 13.6 Å². The van der Waals surface area contributed by atoms with E-state index >= 15 is 0 Å². The normalized spacial score (nSPS) is 11.1. The van der Waals surface area contributed by atoms with Crippen LogP contribution in [0.25, 0.3) is 22.0 Å². The molecule has 0 aliphatic rings. The Bertz CT molecular complexity index is 1150. The lowest BCUT2D eigenvalue weighted by molar-refractivity contribution is 0.196. The van der Waals surface area contributed by atoms with E-state index in [1.54, 1.807) is 19.3 Å². The lowest BCUT2D eigenvalue weighted by atomic mass is 9.97. The second-order valence-corrected chi connectivity index (χ2v) is 8.48. The first-order chi connectivity index (χ1) is 15.1. The highest BCUT2D eigenvalue weighted by atomic mass is 35.5. The summed E-state index contributed by atoms with van der Waals surface area (Å²) in [7, 11) is 1.80. The number of carbonyl (C=O) groups excluding carboxylic acids is 1. The van der Waals surface area contributed by atoms with E-state index in [2.05, 4.69) is 25.9 Å². The standard InChI is InChI=1S/C24H29F2N5O.ClH/c1-14-9-19(25)21(31-23(32)28-8-6-7-24(3,4)26)11-17(14)18-10-16-13-29-22(27-5)12-20(16)30-15(18)2;/h9-13H,6-8H2,1-5H3,(H,27,29)(H2,28,31,32);1H. The van der Waals surface area contributed by atoms with Crippen LogP contribution < -0.4 is 16.0 Å². The molecule has 0 radical (unpaired) electrons. The fourth-order valence-electron chi connectivity index (χ4n) is 3.51. The molecule has 0 aliphatic heterocycles. The second-order valence-electron chi connectivity index (χ2n) is 8.48. The summed E-state index contributed by atoms with van der Waals surface area (Å²) in [5.41, 5.74) is 2.70. The van der Waals surface area contributed by atoms with Gasteiger partial charge in [-0.2, -0.15) is 0 Å². The molecule has 9 heteroatoms. The number of nitrogens with zero attached hydrogens (tertiary/aromatic N) is 2. The first-order valence-electron chi connectivity index (χ1n) is 10.6. The van der Waals surface area contributed by atoms with Gasteiger partial charge in [-0.05, 0) is 69.9 Å². The van der Waals surface area contributed by atoms with Crippen LogP contribution in [0, 0.1) is 19.7 Å². The number of fused-ring (bicyclic) bond motifs is 1. The van der Waals surface area contributed by atoms with Crippen molar-refractivity contribution in [3.05, 3.63) is 47.5 Å². The molecule has 0 atom stereocenters. The number of aryl methyl sites for hydroxylation is 2. The molecule has 1 aromatic carbocycles. The maximum atomic E-state index is 14.6. The van der Waals surface area contributed by atoms with Crippen molar-refractivity contribution in [2.24, 2.45) is 0 Å². The van der Waals surface area contributed by atoms with Gasteiger partial charge in [-0.15, -0.1) is 12.4 Å². The molecule has 0 aliphatic carbocycles. The Hall–Kier alpha value is -3.00. The molecule has 3 aromatic rings. The van der Waals surface area contributed by atoms with Gasteiger partial charge in [0.05, 0.1) is 11.2 Å². The maximum Gasteiger partial charge on any atom is 0.319 e. The van der Waals surface area contributed by atoms with Gasteiger partial charge < -0.3 is 16.0 Å². The van der Waals surface area contributed by atoms with Gasteiger partial charge in [-0.1, -0.05) is 0 Å². The Labute approximate surface area is 199 Å². The van der Waals surface area contributed by atoms with E-state index in [1.807, 2.05) is 26.0 Å². The van der Waals surface area contributed by atoms with Crippen molar-refractivity contribution in [1.82, 2.24) is 15.3 Å². The summed E-state index contributed by atoms with van der Waals surface area (Å²) >= 11 is 0. The molecule has 33 heavy (non-hydrogen) atoms. The number of hydrogen-bond donors (Lipinski definition) is 3. The van der Waals surface area contributed by atoms with E-state index in [9.17, 15) is 13.6 Å². The van der Waals surface area contributed by atoms with Crippen LogP contribution in [0.2, 0.25) is 0 Å². The van der Waals surface area contributed by atoms with E-state index in [4.69, 9.17) is 0 Å². The van der Waals surface area contributed by atoms with E-state index < -0.39 is 17.5 Å². The molecule has 0 unspecified atom stereocenters. The van der Waals surface area contributed by atoms with Gasteiger partial charge in [0.2, 0.25) is 0 Å². The molecule has 6 nitrogen and oxygen atoms in total. The third-order valence-electron chi connectivity index (χ3n) is 5.23. The number of aromatic nitrogens is 2. The monoisotopic (exact) mass is 477 g/mol. The summed E-state index contributed by atoms with van der Waals surface area (Å²) in [6.07, 6.45) is 2.56. The van der Waals surface area contributed by atoms with Gasteiger partial charge in [0, 0.05) is 42.5 Å². The Morgan fingerprint density at radius 2 is 1.85 bits per heavy atom. The smallest absolute Gasteiger partial charge is 0.319 e. The third-order valence-corrected chi connectivity index (χ3v) is 5.23. The average Bonchev–Trinajstić information content (AvgIpc) is 2.72. The van der Waals surface area contributed by atoms with Crippen LogP contribution in [-0.4, -0.2) is 35.3 Å². The Morgan fingerprint density at radius 3 is 2.52 bits per heavy atom. The fraction of sp³-hybridized carbons (Fsp3) is 0.375. The minimum atomic E-state index is -1.29. The van der Waals surface area contributed by atoms with Crippen molar-refractivity contribution in [2.75, 3.05) is 24.2 Å². The van der Waals surface area contributed by atoms with Crippen molar-refractivity contribution in [3.8, 4) is 11.1 Å². The number of halogens is 3. The third kappa shape index (κ3) is 6.74. The number of anilines is 2. The van der Waals surface area contributed by atoms with Gasteiger partial charge in [0.1, 0.15) is 17.3 Å². The van der Waals surface area contributed by atoms with Crippen LogP contribution in [0.3, 0.4) is 0 Å².